The van der Waals surface area contributed by atoms with E-state index in [1.807, 2.05) is 0 Å². The van der Waals surface area contributed by atoms with E-state index in [4.69, 9.17) is 4.98 Å². The van der Waals surface area contributed by atoms with Gasteiger partial charge in [0.05, 0.1) is 11.4 Å². The Morgan fingerprint density at radius 3 is 2.64 bits per heavy atom. The summed E-state index contributed by atoms with van der Waals surface area (Å²) in [6, 6.07) is 2.09. The first-order valence-corrected chi connectivity index (χ1v) is 12.2. The molecule has 0 aliphatic carbocycles. The van der Waals surface area contributed by atoms with Gasteiger partial charge in [0.15, 0.2) is 0 Å². The van der Waals surface area contributed by atoms with Crippen molar-refractivity contribution in [1.82, 2.24) is 14.2 Å². The van der Waals surface area contributed by atoms with Crippen molar-refractivity contribution in [1.29, 1.82) is 0 Å². The van der Waals surface area contributed by atoms with E-state index >= 15 is 0 Å². The molecule has 0 N–H and O–H groups in total. The summed E-state index contributed by atoms with van der Waals surface area (Å²) in [6.07, 6.45) is 2.79. The lowest BCUT2D eigenvalue weighted by molar-refractivity contribution is 0.180. The van der Waals surface area contributed by atoms with Gasteiger partial charge in [0.25, 0.3) is 0 Å². The van der Waals surface area contributed by atoms with Crippen LogP contribution >= 0.6 is 22.7 Å². The molecule has 3 heterocycles. The van der Waals surface area contributed by atoms with Crippen molar-refractivity contribution in [3.63, 3.8) is 0 Å². The summed E-state index contributed by atoms with van der Waals surface area (Å²) in [5.41, 5.74) is 2.26. The van der Waals surface area contributed by atoms with Gasteiger partial charge in [-0.05, 0) is 17.9 Å². The molecular formula is C17H25N3O2S3. The molecule has 1 saturated heterocycles. The minimum absolute atomic E-state index is 0.289. The van der Waals surface area contributed by atoms with Crippen LogP contribution in [0.25, 0.3) is 10.6 Å². The fourth-order valence-electron chi connectivity index (χ4n) is 2.96. The summed E-state index contributed by atoms with van der Waals surface area (Å²) in [4.78, 5) is 7.01. The van der Waals surface area contributed by atoms with Crippen molar-refractivity contribution in [3.8, 4) is 10.6 Å². The Morgan fingerprint density at radius 2 is 1.96 bits per heavy atom. The Labute approximate surface area is 158 Å². The van der Waals surface area contributed by atoms with Gasteiger partial charge in [-0.15, -0.1) is 11.3 Å². The number of thiazole rings is 1. The van der Waals surface area contributed by atoms with E-state index < -0.39 is 10.0 Å². The molecule has 1 aliphatic rings. The monoisotopic (exact) mass is 399 g/mol. The largest absolute Gasteiger partial charge is 0.295 e. The molecule has 8 heteroatoms. The molecule has 1 aliphatic heterocycles. The molecule has 0 atom stereocenters. The third-order valence-electron chi connectivity index (χ3n) is 4.44. The summed E-state index contributed by atoms with van der Waals surface area (Å²) < 4.78 is 26.4. The van der Waals surface area contributed by atoms with E-state index in [9.17, 15) is 8.42 Å². The maximum atomic E-state index is 12.4. The first-order chi connectivity index (χ1) is 12.1. The highest BCUT2D eigenvalue weighted by Crippen LogP contribution is 2.26. The van der Waals surface area contributed by atoms with Gasteiger partial charge < -0.3 is 0 Å². The fourth-order valence-corrected chi connectivity index (χ4v) is 6.03. The van der Waals surface area contributed by atoms with E-state index in [0.29, 0.717) is 13.1 Å². The third-order valence-corrected chi connectivity index (χ3v) is 8.02. The van der Waals surface area contributed by atoms with Crippen LogP contribution in [0.15, 0.2) is 22.2 Å². The van der Waals surface area contributed by atoms with Crippen LogP contribution in [0.2, 0.25) is 0 Å². The topological polar surface area (TPSA) is 53.5 Å². The predicted octanol–water partition coefficient (Wildman–Crippen LogP) is 3.51. The SMILES string of the molecule is CCCCCS(=O)(=O)N1CCN(Cc2csc(-c3ccsc3)n2)CC1. The highest BCUT2D eigenvalue weighted by molar-refractivity contribution is 7.89. The van der Waals surface area contributed by atoms with Gasteiger partial charge in [-0.2, -0.15) is 15.6 Å². The number of unbranched alkanes of at least 4 members (excludes halogenated alkanes) is 2. The van der Waals surface area contributed by atoms with Crippen LogP contribution in [-0.2, 0) is 16.6 Å². The van der Waals surface area contributed by atoms with Gasteiger partial charge in [-0.3, -0.25) is 4.90 Å². The maximum Gasteiger partial charge on any atom is 0.214 e. The average molecular weight is 400 g/mol. The first-order valence-electron chi connectivity index (χ1n) is 8.75. The summed E-state index contributed by atoms with van der Waals surface area (Å²) in [6.45, 7) is 5.63. The highest BCUT2D eigenvalue weighted by Gasteiger charge is 2.26. The molecule has 0 spiro atoms. The van der Waals surface area contributed by atoms with E-state index in [2.05, 4.69) is 34.0 Å². The number of hydrogen-bond acceptors (Lipinski definition) is 6. The zero-order chi connectivity index (χ0) is 17.7. The van der Waals surface area contributed by atoms with E-state index in [-0.39, 0.29) is 5.75 Å². The molecule has 0 radical (unpaired) electrons. The number of nitrogens with zero attached hydrogens (tertiary/aromatic N) is 3. The molecule has 5 nitrogen and oxygen atoms in total. The molecule has 3 rings (SSSR count). The number of sulfonamides is 1. The van der Waals surface area contributed by atoms with Crippen molar-refractivity contribution in [3.05, 3.63) is 27.9 Å². The Balaban J connectivity index is 1.49. The Morgan fingerprint density at radius 1 is 1.16 bits per heavy atom. The number of rotatable bonds is 8. The van der Waals surface area contributed by atoms with Crippen LogP contribution in [0, 0.1) is 0 Å². The lowest BCUT2D eigenvalue weighted by Gasteiger charge is -2.33. The van der Waals surface area contributed by atoms with Gasteiger partial charge in [-0.1, -0.05) is 19.8 Å². The Kier molecular flexibility index (Phi) is 6.62. The van der Waals surface area contributed by atoms with Crippen LogP contribution < -0.4 is 0 Å². The minimum Gasteiger partial charge on any atom is -0.295 e. The van der Waals surface area contributed by atoms with Gasteiger partial charge in [0.2, 0.25) is 10.0 Å². The van der Waals surface area contributed by atoms with Crippen molar-refractivity contribution in [2.45, 2.75) is 32.7 Å². The van der Waals surface area contributed by atoms with Gasteiger partial charge in [0.1, 0.15) is 5.01 Å². The van der Waals surface area contributed by atoms with Crippen molar-refractivity contribution in [2.24, 2.45) is 0 Å². The summed E-state index contributed by atoms with van der Waals surface area (Å²) in [7, 11) is -3.08. The first kappa shape index (κ1) is 19.0. The summed E-state index contributed by atoms with van der Waals surface area (Å²) >= 11 is 3.36. The fraction of sp³-hybridized carbons (Fsp3) is 0.588. The predicted molar refractivity (Wildman–Crippen MR) is 106 cm³/mol. The second kappa shape index (κ2) is 8.73. The molecule has 0 bridgehead atoms. The van der Waals surface area contributed by atoms with Gasteiger partial charge >= 0.3 is 0 Å². The van der Waals surface area contributed by atoms with Crippen molar-refractivity contribution >= 4 is 32.7 Å². The number of thiophene rings is 1. The summed E-state index contributed by atoms with van der Waals surface area (Å²) in [5.74, 6) is 0.289. The molecular weight excluding hydrogens is 374 g/mol. The molecule has 0 aromatic carbocycles. The maximum absolute atomic E-state index is 12.4. The molecule has 138 valence electrons. The molecule has 0 amide bonds. The highest BCUT2D eigenvalue weighted by atomic mass is 32.2. The van der Waals surface area contributed by atoms with E-state index in [1.54, 1.807) is 27.0 Å². The quantitative estimate of drug-likeness (QED) is 0.638. The minimum atomic E-state index is -3.08. The molecule has 0 unspecified atom stereocenters. The second-order valence-electron chi connectivity index (χ2n) is 6.35. The second-order valence-corrected chi connectivity index (χ2v) is 10.1. The number of piperazine rings is 1. The van der Waals surface area contributed by atoms with Gasteiger partial charge in [-0.25, -0.2) is 13.4 Å². The Bertz CT molecular complexity index is 748. The van der Waals surface area contributed by atoms with E-state index in [0.717, 1.165) is 49.6 Å². The Hall–Kier alpha value is -0.800. The van der Waals surface area contributed by atoms with Crippen LogP contribution in [-0.4, -0.2) is 54.5 Å². The summed E-state index contributed by atoms with van der Waals surface area (Å²) in [5, 5.41) is 7.36. The lowest BCUT2D eigenvalue weighted by Crippen LogP contribution is -2.48. The lowest BCUT2D eigenvalue weighted by atomic mass is 10.3. The van der Waals surface area contributed by atoms with Gasteiger partial charge in [0, 0.05) is 49.0 Å². The molecule has 25 heavy (non-hydrogen) atoms. The zero-order valence-electron chi connectivity index (χ0n) is 14.6. The van der Waals surface area contributed by atoms with Crippen molar-refractivity contribution < 1.29 is 8.42 Å². The van der Waals surface area contributed by atoms with Crippen molar-refractivity contribution in [2.75, 3.05) is 31.9 Å². The number of aromatic nitrogens is 1. The number of hydrogen-bond donors (Lipinski definition) is 0. The zero-order valence-corrected chi connectivity index (χ0v) is 17.0. The van der Waals surface area contributed by atoms with E-state index in [1.165, 1.54) is 5.56 Å². The normalized spacial score (nSPS) is 17.2. The third kappa shape index (κ3) is 5.10. The smallest absolute Gasteiger partial charge is 0.214 e. The average Bonchev–Trinajstić information content (AvgIpc) is 3.27. The van der Waals surface area contributed by atoms with Crippen LogP contribution in [0.1, 0.15) is 31.9 Å². The van der Waals surface area contributed by atoms with Crippen LogP contribution in [0.5, 0.6) is 0 Å². The van der Waals surface area contributed by atoms with Crippen LogP contribution in [0.3, 0.4) is 0 Å². The standard InChI is InChI=1S/C17H25N3O2S3/c1-2-3-4-11-25(21,22)20-8-6-19(7-9-20)12-16-14-24-17(18-16)15-5-10-23-13-15/h5,10,13-14H,2-4,6-9,11-12H2,1H3. The molecule has 2 aromatic rings. The van der Waals surface area contributed by atoms with Crippen LogP contribution in [0.4, 0.5) is 0 Å². The molecule has 2 aromatic heterocycles. The molecule has 1 fully saturated rings. The molecule has 0 saturated carbocycles.